The smallest absolute Gasteiger partial charge is 0.410 e. The lowest BCUT2D eigenvalue weighted by Crippen LogP contribution is -2.36. The summed E-state index contributed by atoms with van der Waals surface area (Å²) in [6.45, 7) is 3.14. The molecule has 0 bridgehead atoms. The molecule has 0 unspecified atom stereocenters. The highest BCUT2D eigenvalue weighted by Crippen LogP contribution is 2.30. The van der Waals surface area contributed by atoms with Gasteiger partial charge in [-0.3, -0.25) is 0 Å². The number of phenols is 1. The molecule has 1 aliphatic heterocycles. The summed E-state index contributed by atoms with van der Waals surface area (Å²) in [6.07, 6.45) is 0.402. The van der Waals surface area contributed by atoms with Gasteiger partial charge in [-0.2, -0.15) is 0 Å². The standard InChI is InChI=1S/C18H19NO3/c1-13-7-8-15-9-10-19(11-16(15)17(13)20)18(21)22-12-14-5-3-2-4-6-14/h2-8,20H,9-12H2,1H3. The maximum absolute atomic E-state index is 12.2. The first kappa shape index (κ1) is 14.4. The van der Waals surface area contributed by atoms with E-state index in [0.29, 0.717) is 13.1 Å². The van der Waals surface area contributed by atoms with Gasteiger partial charge >= 0.3 is 6.09 Å². The predicted molar refractivity (Wildman–Crippen MR) is 83.6 cm³/mol. The van der Waals surface area contributed by atoms with E-state index in [-0.39, 0.29) is 18.4 Å². The molecule has 0 atom stereocenters. The van der Waals surface area contributed by atoms with Gasteiger partial charge in [0.05, 0.1) is 6.54 Å². The molecule has 0 radical (unpaired) electrons. The summed E-state index contributed by atoms with van der Waals surface area (Å²) in [5, 5.41) is 10.2. The number of nitrogens with zero attached hydrogens (tertiary/aromatic N) is 1. The number of rotatable bonds is 2. The predicted octanol–water partition coefficient (Wildman–Crippen LogP) is 3.40. The topological polar surface area (TPSA) is 49.8 Å². The van der Waals surface area contributed by atoms with Crippen LogP contribution in [0.4, 0.5) is 4.79 Å². The summed E-state index contributed by atoms with van der Waals surface area (Å²) in [5.74, 6) is 0.290. The van der Waals surface area contributed by atoms with Crippen LogP contribution < -0.4 is 0 Å². The highest BCUT2D eigenvalue weighted by atomic mass is 16.6. The molecule has 3 rings (SSSR count). The van der Waals surface area contributed by atoms with Crippen molar-refractivity contribution in [1.29, 1.82) is 0 Å². The van der Waals surface area contributed by atoms with Crippen LogP contribution in [0.1, 0.15) is 22.3 Å². The van der Waals surface area contributed by atoms with E-state index in [0.717, 1.165) is 28.7 Å². The third-order valence-electron chi connectivity index (χ3n) is 4.04. The first-order valence-corrected chi connectivity index (χ1v) is 7.41. The normalized spacial score (nSPS) is 13.6. The zero-order valence-electron chi connectivity index (χ0n) is 12.6. The molecule has 1 heterocycles. The third kappa shape index (κ3) is 2.91. The Kier molecular flexibility index (Phi) is 4.00. The van der Waals surface area contributed by atoms with Gasteiger partial charge in [0.2, 0.25) is 0 Å². The molecular formula is C18H19NO3. The number of ether oxygens (including phenoxy) is 1. The summed E-state index contributed by atoms with van der Waals surface area (Å²) in [4.78, 5) is 13.8. The molecule has 0 spiro atoms. The van der Waals surface area contributed by atoms with E-state index in [1.165, 1.54) is 0 Å². The number of aromatic hydroxyl groups is 1. The van der Waals surface area contributed by atoms with Crippen molar-refractivity contribution in [3.05, 3.63) is 64.7 Å². The Labute approximate surface area is 130 Å². The average Bonchev–Trinajstić information content (AvgIpc) is 2.57. The van der Waals surface area contributed by atoms with Gasteiger partial charge in [-0.25, -0.2) is 4.79 Å². The van der Waals surface area contributed by atoms with Gasteiger partial charge in [-0.1, -0.05) is 42.5 Å². The van der Waals surface area contributed by atoms with Crippen molar-refractivity contribution in [2.24, 2.45) is 0 Å². The fourth-order valence-corrected chi connectivity index (χ4v) is 2.70. The molecule has 0 aliphatic carbocycles. The van der Waals surface area contributed by atoms with Crippen molar-refractivity contribution in [2.75, 3.05) is 6.54 Å². The summed E-state index contributed by atoms with van der Waals surface area (Å²) < 4.78 is 5.36. The number of benzene rings is 2. The minimum Gasteiger partial charge on any atom is -0.507 e. The number of phenolic OH excluding ortho intramolecular Hbond substituents is 1. The van der Waals surface area contributed by atoms with Crippen molar-refractivity contribution in [2.45, 2.75) is 26.5 Å². The van der Waals surface area contributed by atoms with Crippen LogP contribution in [0.5, 0.6) is 5.75 Å². The number of hydrogen-bond acceptors (Lipinski definition) is 3. The molecule has 4 heteroatoms. The Morgan fingerprint density at radius 3 is 2.77 bits per heavy atom. The van der Waals surface area contributed by atoms with Crippen LogP contribution in [0.2, 0.25) is 0 Å². The highest BCUT2D eigenvalue weighted by Gasteiger charge is 2.24. The molecule has 2 aromatic carbocycles. The number of carbonyl (C=O) groups excluding carboxylic acids is 1. The lowest BCUT2D eigenvalue weighted by atomic mass is 9.97. The van der Waals surface area contributed by atoms with Crippen LogP contribution in [0, 0.1) is 6.92 Å². The number of fused-ring (bicyclic) bond motifs is 1. The maximum atomic E-state index is 12.2. The third-order valence-corrected chi connectivity index (χ3v) is 4.04. The molecule has 4 nitrogen and oxygen atoms in total. The Morgan fingerprint density at radius 1 is 1.23 bits per heavy atom. The molecular weight excluding hydrogens is 278 g/mol. The van der Waals surface area contributed by atoms with Crippen LogP contribution in [0.3, 0.4) is 0 Å². The molecule has 114 valence electrons. The van der Waals surface area contributed by atoms with Gasteiger partial charge in [-0.15, -0.1) is 0 Å². The van der Waals surface area contributed by atoms with E-state index in [1.807, 2.05) is 49.4 Å². The SMILES string of the molecule is Cc1ccc2c(c1O)CN(C(=O)OCc1ccccc1)CC2. The van der Waals surface area contributed by atoms with Crippen molar-refractivity contribution >= 4 is 6.09 Å². The van der Waals surface area contributed by atoms with E-state index < -0.39 is 0 Å². The summed E-state index contributed by atoms with van der Waals surface area (Å²) in [6, 6.07) is 13.6. The van der Waals surface area contributed by atoms with Gasteiger partial charge in [0.15, 0.2) is 0 Å². The molecule has 0 saturated heterocycles. The highest BCUT2D eigenvalue weighted by molar-refractivity contribution is 5.68. The molecule has 1 aliphatic rings. The number of hydrogen-bond donors (Lipinski definition) is 1. The molecule has 22 heavy (non-hydrogen) atoms. The van der Waals surface area contributed by atoms with Crippen LogP contribution in [0.25, 0.3) is 0 Å². The largest absolute Gasteiger partial charge is 0.507 e. The maximum Gasteiger partial charge on any atom is 0.410 e. The van der Waals surface area contributed by atoms with Crippen molar-refractivity contribution in [1.82, 2.24) is 4.90 Å². The first-order chi connectivity index (χ1) is 10.6. The summed E-state index contributed by atoms with van der Waals surface area (Å²) in [7, 11) is 0. The molecule has 0 aromatic heterocycles. The average molecular weight is 297 g/mol. The molecule has 0 fully saturated rings. The lowest BCUT2D eigenvalue weighted by Gasteiger charge is -2.29. The van der Waals surface area contributed by atoms with Crippen molar-refractivity contribution in [3.63, 3.8) is 0 Å². The van der Waals surface area contributed by atoms with Gasteiger partial charge in [0.25, 0.3) is 0 Å². The zero-order chi connectivity index (χ0) is 15.5. The van der Waals surface area contributed by atoms with Crippen LogP contribution in [-0.4, -0.2) is 22.6 Å². The van der Waals surface area contributed by atoms with E-state index >= 15 is 0 Å². The zero-order valence-corrected chi connectivity index (χ0v) is 12.6. The van der Waals surface area contributed by atoms with E-state index in [9.17, 15) is 9.90 Å². The summed E-state index contributed by atoms with van der Waals surface area (Å²) >= 11 is 0. The second-order valence-electron chi connectivity index (χ2n) is 5.58. The minimum atomic E-state index is -0.338. The minimum absolute atomic E-state index is 0.267. The van der Waals surface area contributed by atoms with Gasteiger partial charge in [0.1, 0.15) is 12.4 Å². The van der Waals surface area contributed by atoms with Gasteiger partial charge in [-0.05, 0) is 30.0 Å². The van der Waals surface area contributed by atoms with Crippen LogP contribution in [-0.2, 0) is 24.3 Å². The van der Waals surface area contributed by atoms with Crippen LogP contribution in [0.15, 0.2) is 42.5 Å². The van der Waals surface area contributed by atoms with Crippen molar-refractivity contribution in [3.8, 4) is 5.75 Å². The van der Waals surface area contributed by atoms with Gasteiger partial charge < -0.3 is 14.7 Å². The molecule has 2 aromatic rings. The van der Waals surface area contributed by atoms with Crippen molar-refractivity contribution < 1.29 is 14.6 Å². The number of amides is 1. The Balaban J connectivity index is 1.66. The molecule has 1 amide bonds. The number of aryl methyl sites for hydroxylation is 1. The first-order valence-electron chi connectivity index (χ1n) is 7.41. The number of carbonyl (C=O) groups is 1. The van der Waals surface area contributed by atoms with Gasteiger partial charge in [0, 0.05) is 12.1 Å². The quantitative estimate of drug-likeness (QED) is 0.924. The fraction of sp³-hybridized carbons (Fsp3) is 0.278. The monoisotopic (exact) mass is 297 g/mol. The molecule has 0 saturated carbocycles. The Bertz CT molecular complexity index is 682. The Hall–Kier alpha value is -2.49. The second-order valence-corrected chi connectivity index (χ2v) is 5.58. The lowest BCUT2D eigenvalue weighted by molar-refractivity contribution is 0.0915. The van der Waals surface area contributed by atoms with E-state index in [2.05, 4.69) is 0 Å². The summed E-state index contributed by atoms with van der Waals surface area (Å²) in [5.41, 5.74) is 3.74. The second kappa shape index (κ2) is 6.10. The molecule has 1 N–H and O–H groups in total. The van der Waals surface area contributed by atoms with E-state index in [4.69, 9.17) is 4.74 Å². The fourth-order valence-electron chi connectivity index (χ4n) is 2.70. The van der Waals surface area contributed by atoms with E-state index in [1.54, 1.807) is 4.90 Å². The Morgan fingerprint density at radius 2 is 2.00 bits per heavy atom. The van der Waals surface area contributed by atoms with Crippen LogP contribution >= 0.6 is 0 Å².